The van der Waals surface area contributed by atoms with Crippen LogP contribution in [0.15, 0.2) is 73.5 Å². The number of anilines is 1. The van der Waals surface area contributed by atoms with Gasteiger partial charge in [-0.2, -0.15) is 0 Å². The molecule has 1 unspecified atom stereocenters. The molecule has 3 aromatic rings. The molecule has 3 rings (SSSR count). The molecular formula is C30H34F2N2. The molecule has 2 aromatic carbocycles. The van der Waals surface area contributed by atoms with Crippen LogP contribution in [-0.2, 0) is 6.42 Å². The van der Waals surface area contributed by atoms with E-state index in [2.05, 4.69) is 67.7 Å². The third-order valence-electron chi connectivity index (χ3n) is 6.21. The normalized spacial score (nSPS) is 12.9. The average molecular weight is 461 g/mol. The average Bonchev–Trinajstić information content (AvgIpc) is 3.30. The van der Waals surface area contributed by atoms with Crippen molar-refractivity contribution >= 4 is 16.8 Å². The fraction of sp³-hybridized carbons (Fsp3) is 0.267. The van der Waals surface area contributed by atoms with Gasteiger partial charge in [-0.05, 0) is 73.7 Å². The Morgan fingerprint density at radius 3 is 2.47 bits per heavy atom. The lowest BCUT2D eigenvalue weighted by Gasteiger charge is -2.26. The first-order valence-corrected chi connectivity index (χ1v) is 11.7. The molecule has 0 fully saturated rings. The number of hydrogen-bond donors (Lipinski definition) is 1. The van der Waals surface area contributed by atoms with Gasteiger partial charge in [0.15, 0.2) is 0 Å². The molecule has 0 aliphatic heterocycles. The topological polar surface area (TPSA) is 19.0 Å². The molecule has 0 aliphatic carbocycles. The van der Waals surface area contributed by atoms with Crippen molar-refractivity contribution in [1.29, 1.82) is 0 Å². The van der Waals surface area contributed by atoms with Crippen LogP contribution >= 0.6 is 0 Å². The van der Waals surface area contributed by atoms with E-state index in [1.54, 1.807) is 0 Å². The summed E-state index contributed by atoms with van der Waals surface area (Å²) in [5.74, 6) is -1.10. The quantitative estimate of drug-likeness (QED) is 0.319. The van der Waals surface area contributed by atoms with Gasteiger partial charge in [-0.15, -0.1) is 0 Å². The van der Waals surface area contributed by atoms with Gasteiger partial charge in [0.25, 0.3) is 0 Å². The predicted octanol–water partition coefficient (Wildman–Crippen LogP) is 8.16. The van der Waals surface area contributed by atoms with Crippen LogP contribution in [0.2, 0.25) is 0 Å². The van der Waals surface area contributed by atoms with Crippen molar-refractivity contribution in [3.63, 3.8) is 0 Å². The monoisotopic (exact) mass is 460 g/mol. The Hall–Kier alpha value is -3.40. The number of rotatable bonds is 9. The zero-order valence-electron chi connectivity index (χ0n) is 20.8. The Morgan fingerprint density at radius 1 is 1.09 bits per heavy atom. The van der Waals surface area contributed by atoms with Crippen LogP contribution in [0.25, 0.3) is 11.1 Å². The summed E-state index contributed by atoms with van der Waals surface area (Å²) >= 11 is 0. The Morgan fingerprint density at radius 2 is 1.82 bits per heavy atom. The van der Waals surface area contributed by atoms with E-state index in [0.29, 0.717) is 12.0 Å². The van der Waals surface area contributed by atoms with E-state index in [1.807, 2.05) is 32.2 Å². The molecule has 0 bridgehead atoms. The number of allylic oxidation sites excluding steroid dienone is 3. The molecule has 1 N–H and O–H groups in total. The zero-order valence-corrected chi connectivity index (χ0v) is 20.8. The Kier molecular flexibility index (Phi) is 8.27. The maximum Gasteiger partial charge on any atom is 0.129 e. The molecule has 34 heavy (non-hydrogen) atoms. The van der Waals surface area contributed by atoms with Gasteiger partial charge in [-0.25, -0.2) is 8.78 Å². The second-order valence-corrected chi connectivity index (χ2v) is 8.69. The molecule has 0 radical (unpaired) electrons. The van der Waals surface area contributed by atoms with E-state index in [0.717, 1.165) is 51.7 Å². The number of aromatic amines is 1. The number of H-pyrrole nitrogens is 1. The van der Waals surface area contributed by atoms with Gasteiger partial charge in [-0.3, -0.25) is 0 Å². The lowest BCUT2D eigenvalue weighted by Crippen LogP contribution is -2.27. The van der Waals surface area contributed by atoms with Crippen LogP contribution in [0.5, 0.6) is 0 Å². The molecule has 4 heteroatoms. The zero-order chi connectivity index (χ0) is 24.8. The first-order valence-electron chi connectivity index (χ1n) is 11.7. The Bertz CT molecular complexity index is 1220. The minimum Gasteiger partial charge on any atom is -0.368 e. The van der Waals surface area contributed by atoms with Crippen molar-refractivity contribution in [3.05, 3.63) is 113 Å². The van der Waals surface area contributed by atoms with Gasteiger partial charge in [0.05, 0.1) is 5.69 Å². The van der Waals surface area contributed by atoms with Gasteiger partial charge in [0.2, 0.25) is 0 Å². The maximum absolute atomic E-state index is 14.5. The van der Waals surface area contributed by atoms with E-state index in [9.17, 15) is 8.78 Å². The van der Waals surface area contributed by atoms with Crippen molar-refractivity contribution in [2.75, 3.05) is 11.9 Å². The fourth-order valence-corrected chi connectivity index (χ4v) is 4.14. The van der Waals surface area contributed by atoms with Crippen molar-refractivity contribution in [3.8, 4) is 0 Å². The van der Waals surface area contributed by atoms with Crippen LogP contribution in [0, 0.1) is 11.6 Å². The molecule has 0 saturated heterocycles. The summed E-state index contributed by atoms with van der Waals surface area (Å²) in [4.78, 5) is 5.59. The summed E-state index contributed by atoms with van der Waals surface area (Å²) in [6.07, 6.45) is 9.70. The van der Waals surface area contributed by atoms with E-state index >= 15 is 0 Å². The number of benzene rings is 2. The SMILES string of the molecule is C=C(C)c1cc[nH]c1/C(=C\C)c1cc(N(C)C(C)/C=C/CC)ccc1Cc1ccc(F)cc1F. The highest BCUT2D eigenvalue weighted by atomic mass is 19.1. The van der Waals surface area contributed by atoms with E-state index in [4.69, 9.17) is 0 Å². The first kappa shape index (κ1) is 25.2. The molecule has 1 aromatic heterocycles. The second kappa shape index (κ2) is 11.1. The second-order valence-electron chi connectivity index (χ2n) is 8.69. The number of nitrogens with one attached hydrogen (secondary N) is 1. The van der Waals surface area contributed by atoms with Crippen LogP contribution in [0.4, 0.5) is 14.5 Å². The van der Waals surface area contributed by atoms with Crippen LogP contribution in [0.3, 0.4) is 0 Å². The summed E-state index contributed by atoms with van der Waals surface area (Å²) in [5.41, 5.74) is 7.52. The number of nitrogens with zero attached hydrogens (tertiary/aromatic N) is 1. The largest absolute Gasteiger partial charge is 0.368 e. The molecule has 0 saturated carbocycles. The summed E-state index contributed by atoms with van der Waals surface area (Å²) in [6.45, 7) is 12.4. The third kappa shape index (κ3) is 5.56. The molecule has 1 heterocycles. The van der Waals surface area contributed by atoms with Crippen LogP contribution < -0.4 is 4.90 Å². The van der Waals surface area contributed by atoms with Gasteiger partial charge < -0.3 is 9.88 Å². The number of aromatic nitrogens is 1. The highest BCUT2D eigenvalue weighted by Gasteiger charge is 2.18. The smallest absolute Gasteiger partial charge is 0.129 e. The summed E-state index contributed by atoms with van der Waals surface area (Å²) in [7, 11) is 2.08. The first-order chi connectivity index (χ1) is 16.3. The van der Waals surface area contributed by atoms with Crippen LogP contribution in [-0.4, -0.2) is 18.1 Å². The summed E-state index contributed by atoms with van der Waals surface area (Å²) in [5, 5.41) is 0. The Balaban J connectivity index is 2.14. The van der Waals surface area contributed by atoms with E-state index in [1.165, 1.54) is 12.1 Å². The van der Waals surface area contributed by atoms with Gasteiger partial charge in [-0.1, -0.05) is 43.9 Å². The Labute approximate surface area is 202 Å². The van der Waals surface area contributed by atoms with Gasteiger partial charge >= 0.3 is 0 Å². The number of hydrogen-bond acceptors (Lipinski definition) is 1. The van der Waals surface area contributed by atoms with E-state index < -0.39 is 11.6 Å². The molecule has 1 atom stereocenters. The lowest BCUT2D eigenvalue weighted by atomic mass is 9.90. The third-order valence-corrected chi connectivity index (χ3v) is 6.21. The highest BCUT2D eigenvalue weighted by Crippen LogP contribution is 2.34. The maximum atomic E-state index is 14.5. The van der Waals surface area contributed by atoms with Crippen LogP contribution in [0.1, 0.15) is 62.1 Å². The molecule has 0 spiro atoms. The molecule has 0 aliphatic rings. The minimum absolute atomic E-state index is 0.221. The summed E-state index contributed by atoms with van der Waals surface area (Å²) < 4.78 is 28.0. The summed E-state index contributed by atoms with van der Waals surface area (Å²) in [6, 6.07) is 12.3. The lowest BCUT2D eigenvalue weighted by molar-refractivity contribution is 0.574. The van der Waals surface area contributed by atoms with E-state index in [-0.39, 0.29) is 6.04 Å². The standard InChI is InChI=1S/C30H34F2N2/c1-7-9-10-21(5)34(6)25-14-12-22(17-23-11-13-24(31)18-29(23)32)28(19-25)26(8-2)30-27(20(3)4)15-16-33-30/h8-16,18-19,21,33H,3,7,17H2,1-2,4-6H3/b10-9+,26-8-. The minimum atomic E-state index is -0.570. The fourth-order valence-electron chi connectivity index (χ4n) is 4.14. The number of likely N-dealkylation sites (N-methyl/N-ethyl adjacent to an activating group) is 1. The van der Waals surface area contributed by atoms with Crippen molar-refractivity contribution in [1.82, 2.24) is 4.98 Å². The van der Waals surface area contributed by atoms with Crippen molar-refractivity contribution in [2.45, 2.75) is 46.6 Å². The number of halogens is 2. The molecular weight excluding hydrogens is 426 g/mol. The molecule has 178 valence electrons. The molecule has 2 nitrogen and oxygen atoms in total. The van der Waals surface area contributed by atoms with Crippen molar-refractivity contribution < 1.29 is 8.78 Å². The molecule has 0 amide bonds. The van der Waals surface area contributed by atoms with Gasteiger partial charge in [0.1, 0.15) is 11.6 Å². The van der Waals surface area contributed by atoms with Crippen molar-refractivity contribution in [2.24, 2.45) is 0 Å². The highest BCUT2D eigenvalue weighted by molar-refractivity contribution is 5.87. The predicted molar refractivity (Wildman–Crippen MR) is 141 cm³/mol. The van der Waals surface area contributed by atoms with Gasteiger partial charge in [0, 0.05) is 48.6 Å².